The normalized spacial score (nSPS) is 11.8. The monoisotopic (exact) mass is 357 g/mol. The summed E-state index contributed by atoms with van der Waals surface area (Å²) in [6, 6.07) is 5.00. The minimum absolute atomic E-state index is 0.589. The van der Waals surface area contributed by atoms with Crippen LogP contribution in [0.15, 0.2) is 34.8 Å². The maximum atomic E-state index is 12.6. The minimum Gasteiger partial charge on any atom is -0.240 e. The molecule has 0 atom stereocenters. The van der Waals surface area contributed by atoms with Gasteiger partial charge in [-0.2, -0.15) is 13.2 Å². The molecule has 3 rings (SSSR count). The molecule has 0 aliphatic rings. The van der Waals surface area contributed by atoms with E-state index in [1.165, 1.54) is 35.2 Å². The molecule has 10 heteroatoms. The second kappa shape index (κ2) is 6.28. The van der Waals surface area contributed by atoms with Gasteiger partial charge < -0.3 is 0 Å². The van der Waals surface area contributed by atoms with Crippen molar-refractivity contribution in [1.82, 2.24) is 25.2 Å². The number of aromatic nitrogens is 5. The summed E-state index contributed by atoms with van der Waals surface area (Å²) in [7, 11) is 1.75. The van der Waals surface area contributed by atoms with E-state index in [1.54, 1.807) is 11.7 Å². The molecule has 0 unspecified atom stereocenters. The van der Waals surface area contributed by atoms with E-state index in [0.29, 0.717) is 21.5 Å². The molecule has 0 radical (unpaired) electrons. The Hall–Kier alpha value is -1.94. The van der Waals surface area contributed by atoms with Crippen molar-refractivity contribution in [3.63, 3.8) is 0 Å². The highest BCUT2D eigenvalue weighted by Gasteiger charge is 2.30. The van der Waals surface area contributed by atoms with Gasteiger partial charge in [0.25, 0.3) is 0 Å². The summed E-state index contributed by atoms with van der Waals surface area (Å²) in [5, 5.41) is 14.4. The molecule has 0 spiro atoms. The number of tetrazole rings is 1. The van der Waals surface area contributed by atoms with Crippen molar-refractivity contribution in [2.24, 2.45) is 7.05 Å². The number of alkyl halides is 3. The van der Waals surface area contributed by atoms with Crippen molar-refractivity contribution in [2.45, 2.75) is 17.1 Å². The second-order valence-electron chi connectivity index (χ2n) is 4.59. The van der Waals surface area contributed by atoms with Crippen molar-refractivity contribution >= 4 is 23.1 Å². The van der Waals surface area contributed by atoms with Gasteiger partial charge in [0.1, 0.15) is 5.01 Å². The molecule has 0 N–H and O–H groups in total. The van der Waals surface area contributed by atoms with Crippen molar-refractivity contribution < 1.29 is 13.2 Å². The molecule has 0 saturated carbocycles. The van der Waals surface area contributed by atoms with Crippen LogP contribution in [0.25, 0.3) is 10.6 Å². The van der Waals surface area contributed by atoms with Gasteiger partial charge in [0.05, 0.1) is 11.3 Å². The van der Waals surface area contributed by atoms with Gasteiger partial charge in [0.15, 0.2) is 0 Å². The Morgan fingerprint density at radius 2 is 1.96 bits per heavy atom. The molecule has 0 aliphatic heterocycles. The fourth-order valence-corrected chi connectivity index (χ4v) is 3.46. The molecular formula is C13H10F3N5S2. The highest BCUT2D eigenvalue weighted by Crippen LogP contribution is 2.32. The van der Waals surface area contributed by atoms with Crippen LogP contribution in [0.1, 0.15) is 11.3 Å². The summed E-state index contributed by atoms with van der Waals surface area (Å²) in [5.74, 6) is 0.589. The molecule has 5 nitrogen and oxygen atoms in total. The Kier molecular flexibility index (Phi) is 4.35. The largest absolute Gasteiger partial charge is 0.416 e. The number of hydrogen-bond donors (Lipinski definition) is 0. The van der Waals surface area contributed by atoms with Crippen LogP contribution in [0, 0.1) is 0 Å². The first kappa shape index (κ1) is 15.9. The van der Waals surface area contributed by atoms with E-state index < -0.39 is 11.7 Å². The first-order chi connectivity index (χ1) is 10.9. The first-order valence-electron chi connectivity index (χ1n) is 6.40. The SMILES string of the molecule is Cn1nnnc1SCc1csc(-c2ccc(C(F)(F)F)cc2)n1. The topological polar surface area (TPSA) is 56.5 Å². The number of halogens is 3. The zero-order valence-corrected chi connectivity index (χ0v) is 13.4. The highest BCUT2D eigenvalue weighted by molar-refractivity contribution is 7.98. The third-order valence-corrected chi connectivity index (χ3v) is 4.93. The Morgan fingerprint density at radius 1 is 1.22 bits per heavy atom. The molecule has 0 bridgehead atoms. The van der Waals surface area contributed by atoms with Crippen LogP contribution < -0.4 is 0 Å². The lowest BCUT2D eigenvalue weighted by molar-refractivity contribution is -0.137. The van der Waals surface area contributed by atoms with Crippen LogP contribution in [0.3, 0.4) is 0 Å². The maximum Gasteiger partial charge on any atom is 0.416 e. The van der Waals surface area contributed by atoms with E-state index in [0.717, 1.165) is 17.8 Å². The Labute approximate surface area is 137 Å². The maximum absolute atomic E-state index is 12.6. The lowest BCUT2D eigenvalue weighted by Crippen LogP contribution is -2.03. The molecular weight excluding hydrogens is 347 g/mol. The van der Waals surface area contributed by atoms with Gasteiger partial charge in [-0.05, 0) is 22.6 Å². The fraction of sp³-hybridized carbons (Fsp3) is 0.231. The zero-order chi connectivity index (χ0) is 16.4. The van der Waals surface area contributed by atoms with Gasteiger partial charge in [-0.25, -0.2) is 9.67 Å². The Bertz CT molecular complexity index is 795. The summed E-state index contributed by atoms with van der Waals surface area (Å²) in [5.41, 5.74) is 0.834. The predicted octanol–water partition coefficient (Wildman–Crippen LogP) is 3.64. The lowest BCUT2D eigenvalue weighted by Gasteiger charge is -2.06. The van der Waals surface area contributed by atoms with Gasteiger partial charge in [0.2, 0.25) is 5.16 Å². The number of thioether (sulfide) groups is 1. The lowest BCUT2D eigenvalue weighted by atomic mass is 10.1. The van der Waals surface area contributed by atoms with E-state index in [2.05, 4.69) is 20.5 Å². The van der Waals surface area contributed by atoms with Crippen LogP contribution in [0.4, 0.5) is 13.2 Å². The van der Waals surface area contributed by atoms with Crippen molar-refractivity contribution in [1.29, 1.82) is 0 Å². The summed E-state index contributed by atoms with van der Waals surface area (Å²) in [6.07, 6.45) is -4.33. The van der Waals surface area contributed by atoms with E-state index in [9.17, 15) is 13.2 Å². The highest BCUT2D eigenvalue weighted by atomic mass is 32.2. The van der Waals surface area contributed by atoms with Crippen LogP contribution in [0.2, 0.25) is 0 Å². The van der Waals surface area contributed by atoms with E-state index in [1.807, 2.05) is 5.38 Å². The summed E-state index contributed by atoms with van der Waals surface area (Å²) in [4.78, 5) is 4.44. The summed E-state index contributed by atoms with van der Waals surface area (Å²) in [6.45, 7) is 0. The van der Waals surface area contributed by atoms with Crippen LogP contribution >= 0.6 is 23.1 Å². The first-order valence-corrected chi connectivity index (χ1v) is 8.27. The smallest absolute Gasteiger partial charge is 0.240 e. The number of hydrogen-bond acceptors (Lipinski definition) is 6. The molecule has 0 fully saturated rings. The average Bonchev–Trinajstić information content (AvgIpc) is 3.13. The molecule has 0 amide bonds. The average molecular weight is 357 g/mol. The number of benzene rings is 1. The molecule has 3 aromatic rings. The number of thiazole rings is 1. The van der Waals surface area contributed by atoms with Gasteiger partial charge in [-0.3, -0.25) is 0 Å². The van der Waals surface area contributed by atoms with Crippen molar-refractivity contribution in [2.75, 3.05) is 0 Å². The van der Waals surface area contributed by atoms with Gasteiger partial charge in [-0.15, -0.1) is 16.4 Å². The minimum atomic E-state index is -4.33. The quantitative estimate of drug-likeness (QED) is 0.667. The molecule has 23 heavy (non-hydrogen) atoms. The van der Waals surface area contributed by atoms with E-state index in [-0.39, 0.29) is 0 Å². The number of rotatable bonds is 4. The van der Waals surface area contributed by atoms with Gasteiger partial charge in [-0.1, -0.05) is 23.9 Å². The predicted molar refractivity (Wildman–Crippen MR) is 80.9 cm³/mol. The molecule has 2 heterocycles. The number of nitrogens with zero attached hydrogens (tertiary/aromatic N) is 5. The third-order valence-electron chi connectivity index (χ3n) is 2.94. The van der Waals surface area contributed by atoms with Crippen LogP contribution in [0.5, 0.6) is 0 Å². The van der Waals surface area contributed by atoms with Crippen LogP contribution in [-0.4, -0.2) is 25.2 Å². The third kappa shape index (κ3) is 3.70. The Morgan fingerprint density at radius 3 is 2.57 bits per heavy atom. The molecule has 0 aliphatic carbocycles. The molecule has 0 saturated heterocycles. The van der Waals surface area contributed by atoms with Gasteiger partial charge >= 0.3 is 6.18 Å². The van der Waals surface area contributed by atoms with Crippen molar-refractivity contribution in [3.05, 3.63) is 40.9 Å². The molecule has 1 aromatic carbocycles. The standard InChI is InChI=1S/C13H10F3N5S2/c1-21-12(18-19-20-21)23-7-10-6-22-11(17-10)8-2-4-9(5-3-8)13(14,15)16/h2-6H,7H2,1H3. The van der Waals surface area contributed by atoms with Crippen molar-refractivity contribution in [3.8, 4) is 10.6 Å². The fourth-order valence-electron chi connectivity index (χ4n) is 1.79. The van der Waals surface area contributed by atoms with Crippen LogP contribution in [-0.2, 0) is 19.0 Å². The van der Waals surface area contributed by atoms with E-state index >= 15 is 0 Å². The van der Waals surface area contributed by atoms with E-state index in [4.69, 9.17) is 0 Å². The molecule has 2 aromatic heterocycles. The van der Waals surface area contributed by atoms with Gasteiger partial charge in [0, 0.05) is 23.7 Å². The Balaban J connectivity index is 1.70. The number of aryl methyl sites for hydroxylation is 1. The molecule has 120 valence electrons. The summed E-state index contributed by atoms with van der Waals surface area (Å²) < 4.78 is 39.2. The second-order valence-corrected chi connectivity index (χ2v) is 6.39. The summed E-state index contributed by atoms with van der Waals surface area (Å²) >= 11 is 2.84. The zero-order valence-electron chi connectivity index (χ0n) is 11.8.